The second-order valence-corrected chi connectivity index (χ2v) is 4.05. The number of aliphatic hydroxyl groups is 1. The zero-order valence-corrected chi connectivity index (χ0v) is 9.03. The number of carbonyl (C=O) groups excluding carboxylic acids is 1. The Morgan fingerprint density at radius 3 is 2.60 bits per heavy atom. The van der Waals surface area contributed by atoms with Crippen LogP contribution in [0.25, 0.3) is 0 Å². The van der Waals surface area contributed by atoms with Gasteiger partial charge in [0.25, 0.3) is 0 Å². The van der Waals surface area contributed by atoms with Crippen molar-refractivity contribution in [1.82, 2.24) is 10.3 Å². The Hall–Kier alpha value is -1.42. The molecule has 4 heteroatoms. The van der Waals surface area contributed by atoms with Gasteiger partial charge in [-0.3, -0.25) is 9.78 Å². The van der Waals surface area contributed by atoms with Gasteiger partial charge in [-0.15, -0.1) is 0 Å². The van der Waals surface area contributed by atoms with Crippen molar-refractivity contribution < 1.29 is 9.90 Å². The Bertz CT molecular complexity index is 323. The summed E-state index contributed by atoms with van der Waals surface area (Å²) in [6, 6.07) is 3.84. The molecule has 0 atom stereocenters. The molecule has 82 valence electrons. The van der Waals surface area contributed by atoms with Gasteiger partial charge in [-0.1, -0.05) is 13.8 Å². The Morgan fingerprint density at radius 2 is 2.07 bits per heavy atom. The third-order valence-electron chi connectivity index (χ3n) is 2.33. The molecule has 1 aromatic heterocycles. The first-order valence-electron chi connectivity index (χ1n) is 4.84. The molecule has 0 aromatic carbocycles. The maximum absolute atomic E-state index is 10.9. The predicted octanol–water partition coefficient (Wildman–Crippen LogP) is 0.468. The zero-order chi connectivity index (χ0) is 11.3. The quantitative estimate of drug-likeness (QED) is 0.756. The monoisotopic (exact) mass is 208 g/mol. The van der Waals surface area contributed by atoms with E-state index in [2.05, 4.69) is 10.3 Å². The fraction of sp³-hybridized carbons (Fsp3) is 0.455. The summed E-state index contributed by atoms with van der Waals surface area (Å²) in [5, 5.41) is 11.2. The van der Waals surface area contributed by atoms with E-state index in [1.807, 2.05) is 26.0 Å². The van der Waals surface area contributed by atoms with E-state index >= 15 is 0 Å². The molecule has 0 saturated heterocycles. The summed E-state index contributed by atoms with van der Waals surface area (Å²) in [6.07, 6.45) is 3.45. The summed E-state index contributed by atoms with van der Waals surface area (Å²) < 4.78 is 0. The van der Waals surface area contributed by atoms with Crippen LogP contribution in [0.15, 0.2) is 24.5 Å². The van der Waals surface area contributed by atoms with Gasteiger partial charge < -0.3 is 10.4 Å². The topological polar surface area (TPSA) is 62.2 Å². The summed E-state index contributed by atoms with van der Waals surface area (Å²) in [6.45, 7) is 4.09. The minimum atomic E-state index is -0.466. The lowest BCUT2D eigenvalue weighted by atomic mass is 9.85. The third-order valence-corrected chi connectivity index (χ3v) is 2.33. The predicted molar refractivity (Wildman–Crippen MR) is 57.4 cm³/mol. The number of pyridine rings is 1. The number of rotatable bonds is 4. The molecule has 15 heavy (non-hydrogen) atoms. The van der Waals surface area contributed by atoms with Gasteiger partial charge in [-0.25, -0.2) is 0 Å². The summed E-state index contributed by atoms with van der Waals surface area (Å²) in [4.78, 5) is 14.9. The van der Waals surface area contributed by atoms with Crippen molar-refractivity contribution in [2.24, 2.45) is 0 Å². The van der Waals surface area contributed by atoms with Gasteiger partial charge in [0, 0.05) is 24.4 Å². The fourth-order valence-corrected chi connectivity index (χ4v) is 1.28. The molecule has 0 unspecified atom stereocenters. The maximum atomic E-state index is 10.9. The number of hydrogen-bond acceptors (Lipinski definition) is 3. The summed E-state index contributed by atoms with van der Waals surface area (Å²) in [5.41, 5.74) is 0.948. The molecule has 1 heterocycles. The van der Waals surface area contributed by atoms with E-state index in [-0.39, 0.29) is 11.3 Å². The maximum Gasteiger partial charge on any atom is 0.245 e. The summed E-state index contributed by atoms with van der Waals surface area (Å²) in [7, 11) is 0. The number of nitrogens with one attached hydrogen (secondary N) is 1. The number of nitrogens with zero attached hydrogens (tertiary/aromatic N) is 1. The van der Waals surface area contributed by atoms with Crippen LogP contribution in [0.1, 0.15) is 19.4 Å². The molecule has 0 saturated carbocycles. The van der Waals surface area contributed by atoms with Crippen LogP contribution >= 0.6 is 0 Å². The number of aromatic nitrogens is 1. The summed E-state index contributed by atoms with van der Waals surface area (Å²) in [5.74, 6) is -0.350. The first-order valence-corrected chi connectivity index (χ1v) is 4.84. The average molecular weight is 208 g/mol. The van der Waals surface area contributed by atoms with Crippen molar-refractivity contribution in [3.8, 4) is 0 Å². The highest BCUT2D eigenvalue weighted by molar-refractivity contribution is 5.76. The second kappa shape index (κ2) is 4.89. The number of carbonyl (C=O) groups is 1. The molecular formula is C11H16N2O2. The molecule has 0 spiro atoms. The highest BCUT2D eigenvalue weighted by atomic mass is 16.3. The van der Waals surface area contributed by atoms with Crippen LogP contribution in [-0.2, 0) is 10.2 Å². The molecule has 0 aliphatic heterocycles. The van der Waals surface area contributed by atoms with E-state index in [9.17, 15) is 4.79 Å². The molecule has 0 fully saturated rings. The van der Waals surface area contributed by atoms with E-state index in [0.717, 1.165) is 5.56 Å². The first kappa shape index (κ1) is 11.7. The Kier molecular flexibility index (Phi) is 3.80. The van der Waals surface area contributed by atoms with Crippen LogP contribution < -0.4 is 5.32 Å². The van der Waals surface area contributed by atoms with Gasteiger partial charge in [0.05, 0.1) is 0 Å². The molecule has 1 aromatic rings. The molecule has 0 bridgehead atoms. The minimum absolute atomic E-state index is 0.159. The molecule has 0 radical (unpaired) electrons. The molecule has 0 aliphatic carbocycles. The van der Waals surface area contributed by atoms with Crippen LogP contribution in [0.5, 0.6) is 0 Å². The lowest BCUT2D eigenvalue weighted by molar-refractivity contribution is -0.124. The van der Waals surface area contributed by atoms with Gasteiger partial charge in [0.1, 0.15) is 6.61 Å². The Labute approximate surface area is 89.3 Å². The highest BCUT2D eigenvalue weighted by Crippen LogP contribution is 2.20. The fourth-order valence-electron chi connectivity index (χ4n) is 1.28. The Balaban J connectivity index is 2.63. The molecule has 1 amide bonds. The largest absolute Gasteiger partial charge is 0.387 e. The van der Waals surface area contributed by atoms with Crippen LogP contribution in [0.2, 0.25) is 0 Å². The van der Waals surface area contributed by atoms with E-state index in [0.29, 0.717) is 6.54 Å². The standard InChI is InChI=1S/C11H16N2O2/c1-11(2,8-13-10(15)7-14)9-3-5-12-6-4-9/h3-6,14H,7-8H2,1-2H3,(H,13,15). The lowest BCUT2D eigenvalue weighted by Gasteiger charge is -2.25. The van der Waals surface area contributed by atoms with Crippen molar-refractivity contribution in [3.05, 3.63) is 30.1 Å². The van der Waals surface area contributed by atoms with Gasteiger partial charge in [0.15, 0.2) is 0 Å². The molecule has 0 aliphatic rings. The number of aliphatic hydroxyl groups excluding tert-OH is 1. The molecule has 2 N–H and O–H groups in total. The number of hydrogen-bond donors (Lipinski definition) is 2. The van der Waals surface area contributed by atoms with Crippen molar-refractivity contribution in [3.63, 3.8) is 0 Å². The van der Waals surface area contributed by atoms with Gasteiger partial charge in [-0.05, 0) is 17.7 Å². The average Bonchev–Trinajstić information content (AvgIpc) is 2.27. The summed E-state index contributed by atoms with van der Waals surface area (Å²) >= 11 is 0. The van der Waals surface area contributed by atoms with Crippen molar-refractivity contribution in [1.29, 1.82) is 0 Å². The molecule has 1 rings (SSSR count). The lowest BCUT2D eigenvalue weighted by Crippen LogP contribution is -2.37. The molecular weight excluding hydrogens is 192 g/mol. The van der Waals surface area contributed by atoms with E-state index in [1.165, 1.54) is 0 Å². The first-order chi connectivity index (χ1) is 7.06. The van der Waals surface area contributed by atoms with Crippen molar-refractivity contribution in [2.45, 2.75) is 19.3 Å². The third kappa shape index (κ3) is 3.32. The SMILES string of the molecule is CC(C)(CNC(=O)CO)c1ccncc1. The highest BCUT2D eigenvalue weighted by Gasteiger charge is 2.20. The van der Waals surface area contributed by atoms with Crippen LogP contribution in [0, 0.1) is 0 Å². The van der Waals surface area contributed by atoms with Gasteiger partial charge in [-0.2, -0.15) is 0 Å². The van der Waals surface area contributed by atoms with Crippen LogP contribution in [0.4, 0.5) is 0 Å². The minimum Gasteiger partial charge on any atom is -0.387 e. The zero-order valence-electron chi connectivity index (χ0n) is 9.03. The van der Waals surface area contributed by atoms with Crippen LogP contribution in [0.3, 0.4) is 0 Å². The van der Waals surface area contributed by atoms with E-state index in [1.54, 1.807) is 12.4 Å². The second-order valence-electron chi connectivity index (χ2n) is 4.05. The van der Waals surface area contributed by atoms with Gasteiger partial charge >= 0.3 is 0 Å². The van der Waals surface area contributed by atoms with Gasteiger partial charge in [0.2, 0.25) is 5.91 Å². The Morgan fingerprint density at radius 1 is 1.47 bits per heavy atom. The molecule has 4 nitrogen and oxygen atoms in total. The normalized spacial score (nSPS) is 11.1. The van der Waals surface area contributed by atoms with E-state index < -0.39 is 6.61 Å². The van der Waals surface area contributed by atoms with Crippen molar-refractivity contribution >= 4 is 5.91 Å². The smallest absolute Gasteiger partial charge is 0.245 e. The number of amides is 1. The van der Waals surface area contributed by atoms with E-state index in [4.69, 9.17) is 5.11 Å². The van der Waals surface area contributed by atoms with Crippen molar-refractivity contribution in [2.75, 3.05) is 13.2 Å². The van der Waals surface area contributed by atoms with Crippen LogP contribution in [-0.4, -0.2) is 29.1 Å².